The minimum absolute atomic E-state index is 0.0905. The molecule has 2 heterocycles. The van der Waals surface area contributed by atoms with Gasteiger partial charge in [-0.3, -0.25) is 19.0 Å². The van der Waals surface area contributed by atoms with E-state index >= 15 is 0 Å². The fourth-order valence-corrected chi connectivity index (χ4v) is 2.25. The third kappa shape index (κ3) is 3.77. The molecule has 0 bridgehead atoms. The molecule has 0 unspecified atom stereocenters. The third-order valence-electron chi connectivity index (χ3n) is 3.88. The molecular weight excluding hydrogens is 296 g/mol. The number of carbonyl (C=O) groups is 2. The van der Waals surface area contributed by atoms with E-state index in [1.165, 1.54) is 0 Å². The van der Waals surface area contributed by atoms with Gasteiger partial charge in [0.15, 0.2) is 0 Å². The summed E-state index contributed by atoms with van der Waals surface area (Å²) in [6.07, 6.45) is 0. The molecule has 0 aliphatic rings. The average molecular weight is 318 g/mol. The Morgan fingerprint density at radius 1 is 1.09 bits per heavy atom. The molecule has 124 valence electrons. The van der Waals surface area contributed by atoms with Crippen molar-refractivity contribution >= 4 is 11.8 Å². The van der Waals surface area contributed by atoms with Gasteiger partial charge in [0.05, 0.1) is 12.2 Å². The molecule has 8 nitrogen and oxygen atoms in total. The maximum absolute atomic E-state index is 11.9. The van der Waals surface area contributed by atoms with Gasteiger partial charge in [-0.15, -0.1) is 0 Å². The lowest BCUT2D eigenvalue weighted by atomic mass is 10.2. The van der Waals surface area contributed by atoms with Crippen molar-refractivity contribution in [3.05, 3.63) is 34.4 Å². The zero-order chi connectivity index (χ0) is 17.1. The van der Waals surface area contributed by atoms with Crippen LogP contribution >= 0.6 is 0 Å². The lowest BCUT2D eigenvalue weighted by Crippen LogP contribution is -2.37. The van der Waals surface area contributed by atoms with Gasteiger partial charge in [-0.25, -0.2) is 0 Å². The van der Waals surface area contributed by atoms with E-state index in [0.717, 1.165) is 22.6 Å². The lowest BCUT2D eigenvalue weighted by molar-refractivity contribution is -0.120. The first-order valence-electron chi connectivity index (χ1n) is 7.34. The van der Waals surface area contributed by atoms with Crippen LogP contribution in [0.3, 0.4) is 0 Å². The van der Waals surface area contributed by atoms with Crippen LogP contribution in [0.15, 0.2) is 6.07 Å². The number of rotatable bonds is 5. The van der Waals surface area contributed by atoms with E-state index in [1.54, 1.807) is 22.5 Å². The Hall–Kier alpha value is -2.64. The summed E-state index contributed by atoms with van der Waals surface area (Å²) >= 11 is 0. The topological polar surface area (TPSA) is 93.8 Å². The molecule has 2 aromatic rings. The van der Waals surface area contributed by atoms with Gasteiger partial charge in [0.25, 0.3) is 5.91 Å². The predicted octanol–water partition coefficient (Wildman–Crippen LogP) is 0.125. The van der Waals surface area contributed by atoms with Gasteiger partial charge >= 0.3 is 0 Å². The highest BCUT2D eigenvalue weighted by atomic mass is 16.2. The summed E-state index contributed by atoms with van der Waals surface area (Å²) in [6.45, 7) is 6.01. The Balaban J connectivity index is 1.84. The van der Waals surface area contributed by atoms with Gasteiger partial charge in [0.1, 0.15) is 5.69 Å². The lowest BCUT2D eigenvalue weighted by Gasteiger charge is -2.06. The number of aromatic nitrogens is 4. The minimum Gasteiger partial charge on any atom is -0.350 e. The van der Waals surface area contributed by atoms with E-state index in [-0.39, 0.29) is 18.4 Å². The Bertz CT molecular complexity index is 724. The summed E-state index contributed by atoms with van der Waals surface area (Å²) in [4.78, 5) is 23.8. The molecule has 0 saturated carbocycles. The molecule has 0 aliphatic heterocycles. The van der Waals surface area contributed by atoms with Crippen molar-refractivity contribution in [3.8, 4) is 0 Å². The summed E-state index contributed by atoms with van der Waals surface area (Å²) in [6, 6.07) is 1.68. The zero-order valence-electron chi connectivity index (χ0n) is 14.1. The van der Waals surface area contributed by atoms with E-state index in [1.807, 2.05) is 27.8 Å². The van der Waals surface area contributed by atoms with E-state index in [9.17, 15) is 9.59 Å². The molecule has 2 amide bonds. The first-order valence-corrected chi connectivity index (χ1v) is 7.34. The van der Waals surface area contributed by atoms with E-state index in [2.05, 4.69) is 20.8 Å². The molecule has 2 aromatic heterocycles. The maximum Gasteiger partial charge on any atom is 0.272 e. The number of hydrogen-bond donors (Lipinski definition) is 2. The van der Waals surface area contributed by atoms with Gasteiger partial charge in [0.2, 0.25) is 5.91 Å². The molecule has 2 rings (SSSR count). The predicted molar refractivity (Wildman–Crippen MR) is 84.8 cm³/mol. The summed E-state index contributed by atoms with van der Waals surface area (Å²) in [7, 11) is 3.63. The molecule has 0 saturated heterocycles. The van der Waals surface area contributed by atoms with Crippen molar-refractivity contribution in [2.24, 2.45) is 14.1 Å². The molecule has 8 heteroatoms. The molecular formula is C15H22N6O2. The van der Waals surface area contributed by atoms with Crippen LogP contribution in [0, 0.1) is 20.8 Å². The summed E-state index contributed by atoms with van der Waals surface area (Å²) in [5.74, 6) is -0.619. The van der Waals surface area contributed by atoms with Crippen molar-refractivity contribution in [1.82, 2.24) is 30.2 Å². The Morgan fingerprint density at radius 3 is 2.30 bits per heavy atom. The van der Waals surface area contributed by atoms with Crippen LogP contribution in [0.4, 0.5) is 0 Å². The maximum atomic E-state index is 11.9. The first-order chi connectivity index (χ1) is 10.8. The van der Waals surface area contributed by atoms with Crippen LogP contribution in [-0.2, 0) is 25.4 Å². The minimum atomic E-state index is -0.363. The van der Waals surface area contributed by atoms with Crippen LogP contribution in [0.5, 0.6) is 0 Å². The van der Waals surface area contributed by atoms with Gasteiger partial charge < -0.3 is 10.6 Å². The fraction of sp³-hybridized carbons (Fsp3) is 0.467. The molecule has 0 atom stereocenters. The second-order valence-electron chi connectivity index (χ2n) is 5.53. The molecule has 0 aromatic carbocycles. The molecule has 0 spiro atoms. The standard InChI is InChI=1S/C15H22N6O2/c1-9-6-13(19-20(9)4)15(23)17-8-14(22)16-7-12-10(2)18-21(5)11(12)3/h6H,7-8H2,1-5H3,(H,16,22)(H,17,23). The van der Waals surface area contributed by atoms with Crippen molar-refractivity contribution in [1.29, 1.82) is 0 Å². The highest BCUT2D eigenvalue weighted by Gasteiger charge is 2.13. The fourth-order valence-electron chi connectivity index (χ4n) is 2.25. The summed E-state index contributed by atoms with van der Waals surface area (Å²) < 4.78 is 3.39. The number of carbonyl (C=O) groups excluding carboxylic acids is 2. The summed E-state index contributed by atoms with van der Waals surface area (Å²) in [5.41, 5.74) is 4.07. The normalized spacial score (nSPS) is 10.7. The third-order valence-corrected chi connectivity index (χ3v) is 3.88. The largest absolute Gasteiger partial charge is 0.350 e. The van der Waals surface area contributed by atoms with Gasteiger partial charge in [-0.1, -0.05) is 0 Å². The monoisotopic (exact) mass is 318 g/mol. The number of hydrogen-bond acceptors (Lipinski definition) is 4. The highest BCUT2D eigenvalue weighted by Crippen LogP contribution is 2.10. The average Bonchev–Trinajstić information content (AvgIpc) is 2.95. The quantitative estimate of drug-likeness (QED) is 0.819. The molecule has 2 N–H and O–H groups in total. The Labute approximate surface area is 134 Å². The highest BCUT2D eigenvalue weighted by molar-refractivity contribution is 5.94. The van der Waals surface area contributed by atoms with Crippen molar-refractivity contribution < 1.29 is 9.59 Å². The Morgan fingerprint density at radius 2 is 1.78 bits per heavy atom. The van der Waals surface area contributed by atoms with Crippen LogP contribution in [0.25, 0.3) is 0 Å². The second-order valence-corrected chi connectivity index (χ2v) is 5.53. The van der Waals surface area contributed by atoms with E-state index < -0.39 is 0 Å². The van der Waals surface area contributed by atoms with Gasteiger partial charge in [-0.2, -0.15) is 10.2 Å². The number of nitrogens with zero attached hydrogens (tertiary/aromatic N) is 4. The van der Waals surface area contributed by atoms with E-state index in [4.69, 9.17) is 0 Å². The van der Waals surface area contributed by atoms with E-state index in [0.29, 0.717) is 12.2 Å². The number of aryl methyl sites for hydroxylation is 4. The molecule has 23 heavy (non-hydrogen) atoms. The SMILES string of the molecule is Cc1nn(C)c(C)c1CNC(=O)CNC(=O)c1cc(C)n(C)n1. The van der Waals surface area contributed by atoms with Gasteiger partial charge in [-0.05, 0) is 26.8 Å². The molecule has 0 fully saturated rings. The van der Waals surface area contributed by atoms with Crippen LogP contribution in [0.1, 0.15) is 33.1 Å². The molecule has 0 aliphatic carbocycles. The van der Waals surface area contributed by atoms with Crippen LogP contribution in [0.2, 0.25) is 0 Å². The van der Waals surface area contributed by atoms with Crippen LogP contribution in [-0.4, -0.2) is 37.9 Å². The van der Waals surface area contributed by atoms with Crippen LogP contribution < -0.4 is 10.6 Å². The van der Waals surface area contributed by atoms with Crippen molar-refractivity contribution in [2.45, 2.75) is 27.3 Å². The number of nitrogens with one attached hydrogen (secondary N) is 2. The first kappa shape index (κ1) is 16.7. The summed E-state index contributed by atoms with van der Waals surface area (Å²) in [5, 5.41) is 13.7. The molecule has 0 radical (unpaired) electrons. The number of amides is 2. The smallest absolute Gasteiger partial charge is 0.272 e. The van der Waals surface area contributed by atoms with Crippen molar-refractivity contribution in [3.63, 3.8) is 0 Å². The zero-order valence-corrected chi connectivity index (χ0v) is 14.1. The Kier molecular flexibility index (Phi) is 4.83. The van der Waals surface area contributed by atoms with Crippen molar-refractivity contribution in [2.75, 3.05) is 6.54 Å². The van der Waals surface area contributed by atoms with Gasteiger partial charge in [0, 0.05) is 37.6 Å². The second kappa shape index (κ2) is 6.64.